The number of carbonyl (C=O) groups excluding carboxylic acids is 1. The van der Waals surface area contributed by atoms with Crippen LogP contribution in [0.2, 0.25) is 0 Å². The van der Waals surface area contributed by atoms with E-state index in [1.54, 1.807) is 24.3 Å². The fourth-order valence-corrected chi connectivity index (χ4v) is 1.24. The zero-order chi connectivity index (χ0) is 15.1. The maximum atomic E-state index is 10.8. The molecule has 0 saturated heterocycles. The summed E-state index contributed by atoms with van der Waals surface area (Å²) in [6.45, 7) is 10.5. The molecule has 0 aliphatic rings. The summed E-state index contributed by atoms with van der Waals surface area (Å²) in [6.07, 6.45) is 0. The summed E-state index contributed by atoms with van der Waals surface area (Å²) in [5, 5.41) is 0. The zero-order valence-corrected chi connectivity index (χ0v) is 12.6. The van der Waals surface area contributed by atoms with Crippen molar-refractivity contribution in [1.82, 2.24) is 0 Å². The summed E-state index contributed by atoms with van der Waals surface area (Å²) < 4.78 is 15.0. The molecule has 0 radical (unpaired) electrons. The van der Waals surface area contributed by atoms with Crippen LogP contribution < -0.4 is 0 Å². The van der Waals surface area contributed by atoms with Gasteiger partial charge in [-0.15, -0.1) is 0 Å². The van der Waals surface area contributed by atoms with E-state index in [1.165, 1.54) is 6.92 Å². The molecule has 0 N–H and O–H groups in total. The maximum Gasteiger partial charge on any atom is 2.00 e. The summed E-state index contributed by atoms with van der Waals surface area (Å²) in [7, 11) is 0. The molecular weight excluding hydrogens is 316 g/mol. The molecule has 5 heteroatoms. The quantitative estimate of drug-likeness (QED) is 0.265. The standard InChI is InChI=1S/C8H8OS.C5H5.2CO.Fe/c1-6(9)7-3-2-4-8(10)5-7;1-2-4-5-3-1;2*1-2;/h2-5,10H,1H3;1-5H;;;/q;-1;;;+2/p-1. The third kappa shape index (κ3) is 12.9. The van der Waals surface area contributed by atoms with Crippen LogP contribution in [-0.4, -0.2) is 5.78 Å². The van der Waals surface area contributed by atoms with Crippen LogP contribution in [0.3, 0.4) is 0 Å². The van der Waals surface area contributed by atoms with Gasteiger partial charge in [0.05, 0.1) is 0 Å². The molecule has 0 aliphatic heterocycles. The van der Waals surface area contributed by atoms with E-state index in [1.807, 2.05) is 30.3 Å². The SMILES string of the molecule is CC(=O)c1cccc([S-])c1.[C-]#[O+].[C-]#[O+].[Fe+2].c1cc[cH-]c1. The average Bonchev–Trinajstić information content (AvgIpc) is 3.02. The van der Waals surface area contributed by atoms with Gasteiger partial charge in [0.25, 0.3) is 0 Å². The van der Waals surface area contributed by atoms with Gasteiger partial charge in [-0.1, -0.05) is 24.3 Å². The molecule has 0 bridgehead atoms. The van der Waals surface area contributed by atoms with Crippen molar-refractivity contribution in [3.63, 3.8) is 0 Å². The van der Waals surface area contributed by atoms with E-state index in [0.29, 0.717) is 10.5 Å². The molecule has 0 saturated carbocycles. The van der Waals surface area contributed by atoms with Crippen LogP contribution in [-0.2, 0) is 39.0 Å². The van der Waals surface area contributed by atoms with Crippen LogP contribution in [0.1, 0.15) is 17.3 Å². The molecule has 0 fully saturated rings. The van der Waals surface area contributed by atoms with Crippen molar-refractivity contribution in [1.29, 1.82) is 0 Å². The third-order valence-electron chi connectivity index (χ3n) is 1.80. The minimum absolute atomic E-state index is 0. The Balaban J connectivity index is -0.000000246. The molecule has 0 amide bonds. The normalized spacial score (nSPS) is 6.85. The smallest absolute Gasteiger partial charge is 0.214 e. The molecule has 3 nitrogen and oxygen atoms in total. The summed E-state index contributed by atoms with van der Waals surface area (Å²) in [5.74, 6) is 0.0618. The van der Waals surface area contributed by atoms with Crippen molar-refractivity contribution in [3.8, 4) is 0 Å². The molecular formula is C15H12FeO3S. The first-order chi connectivity index (χ1) is 9.20. The zero-order valence-electron chi connectivity index (χ0n) is 10.7. The Labute approximate surface area is 135 Å². The van der Waals surface area contributed by atoms with E-state index in [-0.39, 0.29) is 22.9 Å². The molecule has 2 aromatic rings. The second-order valence-corrected chi connectivity index (χ2v) is 3.52. The van der Waals surface area contributed by atoms with Crippen LogP contribution in [0.25, 0.3) is 0 Å². The minimum atomic E-state index is 0. The van der Waals surface area contributed by atoms with Crippen molar-refractivity contribution >= 4 is 18.4 Å². The van der Waals surface area contributed by atoms with Crippen molar-refractivity contribution in [2.75, 3.05) is 0 Å². The molecule has 0 spiro atoms. The first-order valence-electron chi connectivity index (χ1n) is 5.05. The van der Waals surface area contributed by atoms with E-state index in [2.05, 4.69) is 13.3 Å². The molecule has 20 heavy (non-hydrogen) atoms. The topological polar surface area (TPSA) is 56.9 Å². The van der Waals surface area contributed by atoms with Crippen molar-refractivity contribution in [3.05, 3.63) is 73.5 Å². The average molecular weight is 328 g/mol. The first kappa shape index (κ1) is 23.5. The molecule has 0 atom stereocenters. The van der Waals surface area contributed by atoms with Gasteiger partial charge in [-0.3, -0.25) is 4.79 Å². The Kier molecular flexibility index (Phi) is 20.6. The Bertz CT molecular complexity index is 467. The Morgan fingerprint density at radius 3 is 1.85 bits per heavy atom. The van der Waals surface area contributed by atoms with Gasteiger partial charge in [-0.2, -0.15) is 23.1 Å². The number of rotatable bonds is 1. The van der Waals surface area contributed by atoms with Gasteiger partial charge in [0.15, 0.2) is 5.78 Å². The van der Waals surface area contributed by atoms with Crippen molar-refractivity contribution in [2.45, 2.75) is 11.8 Å². The minimum Gasteiger partial charge on any atom is -0.214 e. The summed E-state index contributed by atoms with van der Waals surface area (Å²) >= 11 is 4.87. The van der Waals surface area contributed by atoms with Gasteiger partial charge in [0.2, 0.25) is 0 Å². The number of ketones is 1. The molecule has 2 rings (SSSR count). The first-order valence-corrected chi connectivity index (χ1v) is 5.46. The predicted molar refractivity (Wildman–Crippen MR) is 72.0 cm³/mol. The van der Waals surface area contributed by atoms with Crippen LogP contribution in [0.4, 0.5) is 0 Å². The Morgan fingerprint density at radius 1 is 1.10 bits per heavy atom. The van der Waals surface area contributed by atoms with Gasteiger partial charge >= 0.3 is 39.7 Å². The van der Waals surface area contributed by atoms with Gasteiger partial charge in [0.1, 0.15) is 0 Å². The van der Waals surface area contributed by atoms with Crippen LogP contribution in [0.15, 0.2) is 59.5 Å². The molecule has 104 valence electrons. The summed E-state index contributed by atoms with van der Waals surface area (Å²) in [6, 6.07) is 17.1. The van der Waals surface area contributed by atoms with Gasteiger partial charge in [0, 0.05) is 5.56 Å². The van der Waals surface area contributed by atoms with Crippen molar-refractivity contribution in [2.24, 2.45) is 0 Å². The van der Waals surface area contributed by atoms with E-state index in [0.717, 1.165) is 0 Å². The van der Waals surface area contributed by atoms with E-state index in [9.17, 15) is 4.79 Å². The van der Waals surface area contributed by atoms with Gasteiger partial charge < -0.3 is 12.6 Å². The molecule has 0 aromatic heterocycles. The van der Waals surface area contributed by atoms with E-state index >= 15 is 0 Å². The summed E-state index contributed by atoms with van der Waals surface area (Å²) in [5.41, 5.74) is 0.688. The third-order valence-corrected chi connectivity index (χ3v) is 2.05. The Morgan fingerprint density at radius 2 is 1.60 bits per heavy atom. The fourth-order valence-electron chi connectivity index (χ4n) is 1.04. The second-order valence-electron chi connectivity index (χ2n) is 3.05. The Hall–Kier alpha value is -1.54. The number of carbonyl (C=O) groups is 1. The second kappa shape index (κ2) is 17.5. The fraction of sp³-hybridized carbons (Fsp3) is 0.0667. The number of benzene rings is 1. The molecule has 2 aromatic carbocycles. The van der Waals surface area contributed by atoms with E-state index < -0.39 is 0 Å². The van der Waals surface area contributed by atoms with Crippen LogP contribution in [0, 0.1) is 13.3 Å². The van der Waals surface area contributed by atoms with Gasteiger partial charge in [-0.05, 0) is 6.92 Å². The van der Waals surface area contributed by atoms with Crippen molar-refractivity contribution < 1.29 is 31.2 Å². The van der Waals surface area contributed by atoms with E-state index in [4.69, 9.17) is 21.9 Å². The monoisotopic (exact) mass is 328 g/mol. The number of hydrogen-bond donors (Lipinski definition) is 0. The van der Waals surface area contributed by atoms with Gasteiger partial charge in [-0.25, -0.2) is 12.1 Å². The molecule has 0 aliphatic carbocycles. The number of hydrogen-bond acceptors (Lipinski definition) is 2. The largest absolute Gasteiger partial charge is 2.00 e. The summed E-state index contributed by atoms with van der Waals surface area (Å²) in [4.78, 5) is 11.5. The predicted octanol–water partition coefficient (Wildman–Crippen LogP) is 3.12. The van der Waals surface area contributed by atoms with Crippen LogP contribution in [0.5, 0.6) is 0 Å². The molecule has 0 heterocycles. The molecule has 0 unspecified atom stereocenters. The number of Topliss-reactive ketones (excluding diaryl/α,β-unsaturated/α-hetero) is 1. The maximum absolute atomic E-state index is 10.8. The van der Waals surface area contributed by atoms with Crippen LogP contribution >= 0.6 is 0 Å².